The van der Waals surface area contributed by atoms with Crippen LogP contribution in [0.15, 0.2) is 67.1 Å². The number of nitrogens with zero attached hydrogens (tertiary/aromatic N) is 2. The lowest BCUT2D eigenvalue weighted by atomic mass is 9.72. The van der Waals surface area contributed by atoms with Crippen LogP contribution in [0.1, 0.15) is 48.2 Å². The number of aldehydes is 1. The van der Waals surface area contributed by atoms with E-state index in [1.807, 2.05) is 42.5 Å². The number of amides is 1. The molecule has 6 nitrogen and oxygen atoms in total. The number of imidazole rings is 1. The Morgan fingerprint density at radius 2 is 1.80 bits per heavy atom. The van der Waals surface area contributed by atoms with Crippen molar-refractivity contribution in [2.45, 2.75) is 50.6 Å². The van der Waals surface area contributed by atoms with Gasteiger partial charge in [0, 0.05) is 43.0 Å². The average Bonchev–Trinajstić information content (AvgIpc) is 3.44. The predicted octanol–water partition coefficient (Wildman–Crippen LogP) is 4.50. The molecule has 2 aromatic carbocycles. The van der Waals surface area contributed by atoms with Crippen molar-refractivity contribution in [3.05, 3.63) is 78.4 Å². The number of aromatic amines is 1. The quantitative estimate of drug-likeness (QED) is 0.475. The molecule has 1 saturated carbocycles. The third kappa shape index (κ3) is 5.54. The van der Waals surface area contributed by atoms with Crippen molar-refractivity contribution in [2.24, 2.45) is 11.8 Å². The number of hydrogen-bond acceptors (Lipinski definition) is 4. The summed E-state index contributed by atoms with van der Waals surface area (Å²) in [6.45, 7) is 1.43. The Kier molecular flexibility index (Phi) is 7.38. The Morgan fingerprint density at radius 1 is 1.06 bits per heavy atom. The molecule has 6 heteroatoms. The molecule has 0 bridgehead atoms. The Balaban J connectivity index is 1.31. The number of aromatic nitrogens is 2. The number of carbonyl (C=O) groups is 2. The van der Waals surface area contributed by atoms with Gasteiger partial charge in [0.25, 0.3) is 5.91 Å². The first-order valence-electron chi connectivity index (χ1n) is 12.8. The van der Waals surface area contributed by atoms with Crippen LogP contribution in [0.5, 0.6) is 0 Å². The van der Waals surface area contributed by atoms with Crippen molar-refractivity contribution in [1.29, 1.82) is 0 Å². The van der Waals surface area contributed by atoms with Gasteiger partial charge in [0.05, 0.1) is 12.4 Å². The van der Waals surface area contributed by atoms with E-state index in [0.29, 0.717) is 24.8 Å². The molecule has 1 amide bonds. The van der Waals surface area contributed by atoms with Crippen LogP contribution in [0.2, 0.25) is 0 Å². The molecule has 0 radical (unpaired) electrons. The summed E-state index contributed by atoms with van der Waals surface area (Å²) in [6.07, 6.45) is 10.9. The van der Waals surface area contributed by atoms with Gasteiger partial charge in [-0.2, -0.15) is 0 Å². The first-order chi connectivity index (χ1) is 17.2. The van der Waals surface area contributed by atoms with E-state index in [2.05, 4.69) is 32.3 Å². The predicted molar refractivity (Wildman–Crippen MR) is 137 cm³/mol. The molecule has 1 aliphatic heterocycles. The van der Waals surface area contributed by atoms with Gasteiger partial charge in [-0.3, -0.25) is 4.79 Å². The number of carbonyl (C=O) groups excluding carboxylic acids is 2. The van der Waals surface area contributed by atoms with Gasteiger partial charge in [-0.1, -0.05) is 61.7 Å². The third-order valence-corrected chi connectivity index (χ3v) is 7.79. The van der Waals surface area contributed by atoms with E-state index in [0.717, 1.165) is 41.6 Å². The normalized spacial score (nSPS) is 22.9. The standard InChI is InChI=1S/C29H34N4O2/c34-19-27(15-26-16-30-20-32-26)31-17-28-14-24-8-4-5-9-25(24)18-33(28)29(35)23-12-10-22(11-13-23)21-6-2-1-3-7-21/h1-3,6-7,10-13,16,19-20,24-25,27-28,31H,4-5,8-9,14-15,17-18H2,(H,30,32)/t24-,25+,27?,28+/m1/s1. The number of benzene rings is 2. The van der Waals surface area contributed by atoms with Crippen molar-refractivity contribution in [3.63, 3.8) is 0 Å². The van der Waals surface area contributed by atoms with E-state index >= 15 is 0 Å². The smallest absolute Gasteiger partial charge is 0.254 e. The van der Waals surface area contributed by atoms with E-state index in [1.54, 1.807) is 12.5 Å². The molecule has 1 unspecified atom stereocenters. The minimum absolute atomic E-state index is 0.0832. The summed E-state index contributed by atoms with van der Waals surface area (Å²) in [5.41, 5.74) is 3.91. The minimum atomic E-state index is -0.304. The maximum absolute atomic E-state index is 13.7. The number of rotatable bonds is 8. The zero-order valence-electron chi connectivity index (χ0n) is 20.1. The molecule has 182 valence electrons. The second-order valence-electron chi connectivity index (χ2n) is 10.0. The summed E-state index contributed by atoms with van der Waals surface area (Å²) in [4.78, 5) is 34.7. The zero-order valence-corrected chi connectivity index (χ0v) is 20.1. The molecule has 3 aromatic rings. The van der Waals surface area contributed by atoms with E-state index in [-0.39, 0.29) is 18.0 Å². The van der Waals surface area contributed by atoms with Crippen molar-refractivity contribution in [1.82, 2.24) is 20.2 Å². The van der Waals surface area contributed by atoms with Crippen molar-refractivity contribution in [3.8, 4) is 11.1 Å². The summed E-state index contributed by atoms with van der Waals surface area (Å²) >= 11 is 0. The Hall–Kier alpha value is -3.25. The SMILES string of the molecule is O=CC(Cc1cnc[nH]1)NC[C@@H]1C[C@H]2CCCC[C@H]2CN1C(=O)c1ccc(-c2ccccc2)cc1. The fourth-order valence-electron chi connectivity index (χ4n) is 5.85. The summed E-state index contributed by atoms with van der Waals surface area (Å²) in [5, 5.41) is 3.43. The summed E-state index contributed by atoms with van der Waals surface area (Å²) < 4.78 is 0. The molecular formula is C29H34N4O2. The second kappa shape index (κ2) is 11.0. The Labute approximate surface area is 207 Å². The van der Waals surface area contributed by atoms with Crippen LogP contribution >= 0.6 is 0 Å². The zero-order chi connectivity index (χ0) is 24.0. The second-order valence-corrected chi connectivity index (χ2v) is 10.0. The van der Waals surface area contributed by atoms with Crippen molar-refractivity contribution in [2.75, 3.05) is 13.1 Å². The first kappa shape index (κ1) is 23.5. The molecule has 35 heavy (non-hydrogen) atoms. The van der Waals surface area contributed by atoms with Gasteiger partial charge in [0.1, 0.15) is 6.29 Å². The highest BCUT2D eigenvalue weighted by Crippen LogP contribution is 2.39. The fraction of sp³-hybridized carbons (Fsp3) is 0.414. The molecule has 5 rings (SSSR count). The van der Waals surface area contributed by atoms with Crippen LogP contribution in [0.25, 0.3) is 11.1 Å². The number of hydrogen-bond donors (Lipinski definition) is 2. The van der Waals surface area contributed by atoms with Crippen molar-refractivity contribution < 1.29 is 9.59 Å². The molecule has 2 N–H and O–H groups in total. The third-order valence-electron chi connectivity index (χ3n) is 7.79. The maximum atomic E-state index is 13.7. The van der Waals surface area contributed by atoms with Crippen LogP contribution in [0.3, 0.4) is 0 Å². The molecule has 1 aliphatic carbocycles. The van der Waals surface area contributed by atoms with Crippen LogP contribution in [-0.2, 0) is 11.2 Å². The lowest BCUT2D eigenvalue weighted by Crippen LogP contribution is -2.55. The van der Waals surface area contributed by atoms with Gasteiger partial charge < -0.3 is 20.0 Å². The molecule has 2 fully saturated rings. The van der Waals surface area contributed by atoms with Gasteiger partial charge in [0.2, 0.25) is 0 Å². The topological polar surface area (TPSA) is 78.1 Å². The van der Waals surface area contributed by atoms with E-state index in [4.69, 9.17) is 0 Å². The van der Waals surface area contributed by atoms with Crippen LogP contribution < -0.4 is 5.32 Å². The summed E-state index contributed by atoms with van der Waals surface area (Å²) in [7, 11) is 0. The molecule has 4 atom stereocenters. The molecule has 0 spiro atoms. The maximum Gasteiger partial charge on any atom is 0.254 e. The van der Waals surface area contributed by atoms with Gasteiger partial charge in [0.15, 0.2) is 0 Å². The number of nitrogens with one attached hydrogen (secondary N) is 2. The van der Waals surface area contributed by atoms with Crippen LogP contribution in [0.4, 0.5) is 0 Å². The molecule has 1 aromatic heterocycles. The average molecular weight is 471 g/mol. The molecule has 1 saturated heterocycles. The van der Waals surface area contributed by atoms with Gasteiger partial charge in [-0.05, 0) is 47.9 Å². The lowest BCUT2D eigenvalue weighted by Gasteiger charge is -2.46. The van der Waals surface area contributed by atoms with Gasteiger partial charge in [-0.15, -0.1) is 0 Å². The Bertz CT molecular complexity index is 1100. The summed E-state index contributed by atoms with van der Waals surface area (Å²) in [5.74, 6) is 1.35. The fourth-order valence-corrected chi connectivity index (χ4v) is 5.85. The van der Waals surface area contributed by atoms with Crippen molar-refractivity contribution >= 4 is 12.2 Å². The van der Waals surface area contributed by atoms with Crippen LogP contribution in [0, 0.1) is 11.8 Å². The number of fused-ring (bicyclic) bond motifs is 1. The van der Waals surface area contributed by atoms with E-state index in [9.17, 15) is 9.59 Å². The summed E-state index contributed by atoms with van der Waals surface area (Å²) in [6, 6.07) is 18.0. The largest absolute Gasteiger partial charge is 0.348 e. The highest BCUT2D eigenvalue weighted by molar-refractivity contribution is 5.95. The number of likely N-dealkylation sites (tertiary alicyclic amines) is 1. The number of H-pyrrole nitrogens is 1. The molecule has 2 aliphatic rings. The van der Waals surface area contributed by atoms with Gasteiger partial charge in [-0.25, -0.2) is 4.98 Å². The first-order valence-corrected chi connectivity index (χ1v) is 12.8. The van der Waals surface area contributed by atoms with E-state index in [1.165, 1.54) is 25.7 Å². The monoisotopic (exact) mass is 470 g/mol. The lowest BCUT2D eigenvalue weighted by molar-refractivity contribution is -0.109. The molecular weight excluding hydrogens is 436 g/mol. The highest BCUT2D eigenvalue weighted by atomic mass is 16.2. The Morgan fingerprint density at radius 3 is 2.51 bits per heavy atom. The highest BCUT2D eigenvalue weighted by Gasteiger charge is 2.39. The van der Waals surface area contributed by atoms with E-state index < -0.39 is 0 Å². The van der Waals surface area contributed by atoms with Gasteiger partial charge >= 0.3 is 0 Å². The van der Waals surface area contributed by atoms with Crippen LogP contribution in [-0.4, -0.2) is 52.2 Å². The molecule has 2 heterocycles. The minimum Gasteiger partial charge on any atom is -0.348 e. The number of piperidine rings is 1.